The molecule has 0 atom stereocenters. The van der Waals surface area contributed by atoms with Gasteiger partial charge in [-0.3, -0.25) is 0 Å². The van der Waals surface area contributed by atoms with Gasteiger partial charge in [-0.2, -0.15) is 0 Å². The molecule has 19 heavy (non-hydrogen) atoms. The lowest BCUT2D eigenvalue weighted by molar-refractivity contribution is 0.0691. The average Bonchev–Trinajstić information content (AvgIpc) is 2.76. The molecule has 104 valence electrons. The van der Waals surface area contributed by atoms with Crippen molar-refractivity contribution in [2.45, 2.75) is 25.8 Å². The van der Waals surface area contributed by atoms with Crippen LogP contribution in [0.4, 0.5) is 4.79 Å². The first-order valence-electron chi connectivity index (χ1n) is 6.42. The third kappa shape index (κ3) is 3.97. The van der Waals surface area contributed by atoms with Gasteiger partial charge in [0, 0.05) is 25.8 Å². The van der Waals surface area contributed by atoms with Crippen LogP contribution in [0.25, 0.3) is 0 Å². The number of carbonyl (C=O) groups is 2. The van der Waals surface area contributed by atoms with Crippen molar-refractivity contribution in [1.29, 1.82) is 0 Å². The van der Waals surface area contributed by atoms with Crippen molar-refractivity contribution in [1.82, 2.24) is 20.2 Å². The average molecular weight is 266 g/mol. The van der Waals surface area contributed by atoms with Crippen molar-refractivity contribution < 1.29 is 14.7 Å². The maximum Gasteiger partial charge on any atom is 0.356 e. The van der Waals surface area contributed by atoms with Crippen LogP contribution in [0.1, 0.15) is 29.8 Å². The van der Waals surface area contributed by atoms with Crippen molar-refractivity contribution in [2.24, 2.45) is 5.92 Å². The lowest BCUT2D eigenvalue weighted by Gasteiger charge is -2.25. The normalized spacial score (nSPS) is 14.7. The van der Waals surface area contributed by atoms with Crippen molar-refractivity contribution in [3.05, 3.63) is 18.2 Å². The van der Waals surface area contributed by atoms with Gasteiger partial charge in [-0.25, -0.2) is 14.6 Å². The van der Waals surface area contributed by atoms with Crippen LogP contribution >= 0.6 is 0 Å². The van der Waals surface area contributed by atoms with E-state index in [9.17, 15) is 9.59 Å². The number of aromatic carboxylic acids is 1. The molecule has 0 radical (unpaired) electrons. The van der Waals surface area contributed by atoms with Crippen molar-refractivity contribution >= 4 is 12.0 Å². The van der Waals surface area contributed by atoms with E-state index in [1.807, 2.05) is 0 Å². The molecule has 0 bridgehead atoms. The van der Waals surface area contributed by atoms with E-state index in [0.717, 1.165) is 6.54 Å². The first-order chi connectivity index (χ1) is 9.15. The second-order valence-corrected chi connectivity index (χ2v) is 4.74. The largest absolute Gasteiger partial charge is 0.476 e. The van der Waals surface area contributed by atoms with Crippen LogP contribution < -0.4 is 10.6 Å². The molecule has 7 nitrogen and oxygen atoms in total. The van der Waals surface area contributed by atoms with Crippen LogP contribution in [0.15, 0.2) is 12.5 Å². The van der Waals surface area contributed by atoms with Crippen molar-refractivity contribution in [2.75, 3.05) is 13.1 Å². The molecule has 7 heteroatoms. The number of carbonyl (C=O) groups excluding carboxylic acids is 1. The molecule has 1 fully saturated rings. The Kier molecular flexibility index (Phi) is 4.38. The summed E-state index contributed by atoms with van der Waals surface area (Å²) in [5.74, 6) is -0.414. The molecule has 1 aromatic rings. The second-order valence-electron chi connectivity index (χ2n) is 4.74. The summed E-state index contributed by atoms with van der Waals surface area (Å²) in [7, 11) is 0. The Morgan fingerprint density at radius 3 is 2.79 bits per heavy atom. The quantitative estimate of drug-likeness (QED) is 0.705. The van der Waals surface area contributed by atoms with Gasteiger partial charge in [-0.05, 0) is 18.8 Å². The van der Waals surface area contributed by atoms with E-state index in [1.54, 1.807) is 4.57 Å². The summed E-state index contributed by atoms with van der Waals surface area (Å²) >= 11 is 0. The van der Waals surface area contributed by atoms with Gasteiger partial charge >= 0.3 is 12.0 Å². The zero-order valence-electron chi connectivity index (χ0n) is 10.6. The Bertz CT molecular complexity index is 454. The Hall–Kier alpha value is -2.05. The summed E-state index contributed by atoms with van der Waals surface area (Å²) in [6.45, 7) is 1.67. The lowest BCUT2D eigenvalue weighted by atomic mass is 9.85. The fourth-order valence-electron chi connectivity index (χ4n) is 1.89. The zero-order chi connectivity index (χ0) is 13.7. The van der Waals surface area contributed by atoms with Crippen molar-refractivity contribution in [3.8, 4) is 0 Å². The number of nitrogens with zero attached hydrogens (tertiary/aromatic N) is 2. The Morgan fingerprint density at radius 1 is 1.42 bits per heavy atom. The van der Waals surface area contributed by atoms with Crippen LogP contribution in [0.3, 0.4) is 0 Å². The number of imidazole rings is 1. The van der Waals surface area contributed by atoms with Gasteiger partial charge in [0.15, 0.2) is 5.69 Å². The van der Waals surface area contributed by atoms with Crippen LogP contribution in [-0.2, 0) is 6.54 Å². The van der Waals surface area contributed by atoms with Gasteiger partial charge in [-0.1, -0.05) is 6.42 Å². The summed E-state index contributed by atoms with van der Waals surface area (Å²) in [6, 6.07) is -0.175. The SMILES string of the molecule is O=C(NCCn1cnc(C(=O)O)c1)NCC1CCC1. The predicted molar refractivity (Wildman–Crippen MR) is 67.9 cm³/mol. The smallest absolute Gasteiger partial charge is 0.356 e. The molecular weight excluding hydrogens is 248 g/mol. The van der Waals surface area contributed by atoms with Gasteiger partial charge in [0.2, 0.25) is 0 Å². The third-order valence-electron chi connectivity index (χ3n) is 3.28. The summed E-state index contributed by atoms with van der Waals surface area (Å²) in [4.78, 5) is 25.8. The monoisotopic (exact) mass is 266 g/mol. The highest BCUT2D eigenvalue weighted by molar-refractivity contribution is 5.84. The highest BCUT2D eigenvalue weighted by Gasteiger charge is 2.17. The number of carboxylic acids is 1. The highest BCUT2D eigenvalue weighted by atomic mass is 16.4. The Labute approximate surface area is 111 Å². The van der Waals surface area contributed by atoms with Crippen LogP contribution in [0, 0.1) is 5.92 Å². The topological polar surface area (TPSA) is 96.2 Å². The van der Waals surface area contributed by atoms with Gasteiger partial charge in [-0.15, -0.1) is 0 Å². The third-order valence-corrected chi connectivity index (χ3v) is 3.28. The molecular formula is C12H18N4O3. The fourth-order valence-corrected chi connectivity index (χ4v) is 1.89. The van der Waals surface area contributed by atoms with Crippen LogP contribution in [-0.4, -0.2) is 39.7 Å². The standard InChI is InChI=1S/C12H18N4O3/c17-11(18)10-7-16(8-15-10)5-4-13-12(19)14-6-9-2-1-3-9/h7-9H,1-6H2,(H,17,18)(H2,13,14,19). The number of aromatic nitrogens is 2. The van der Waals surface area contributed by atoms with Crippen LogP contribution in [0.5, 0.6) is 0 Å². The molecule has 0 aliphatic heterocycles. The summed E-state index contributed by atoms with van der Waals surface area (Å²) < 4.78 is 1.63. The molecule has 1 aliphatic rings. The molecule has 1 heterocycles. The number of rotatable bonds is 6. The zero-order valence-corrected chi connectivity index (χ0v) is 10.6. The first kappa shape index (κ1) is 13.4. The number of hydrogen-bond acceptors (Lipinski definition) is 3. The number of hydrogen-bond donors (Lipinski definition) is 3. The predicted octanol–water partition coefficient (Wildman–Crippen LogP) is 0.681. The summed E-state index contributed by atoms with van der Waals surface area (Å²) in [6.07, 6.45) is 6.55. The van der Waals surface area contributed by atoms with Gasteiger partial charge in [0.05, 0.1) is 6.33 Å². The maximum absolute atomic E-state index is 11.4. The van der Waals surface area contributed by atoms with E-state index in [0.29, 0.717) is 19.0 Å². The number of amides is 2. The molecule has 1 aliphatic carbocycles. The van der Waals surface area contributed by atoms with Gasteiger partial charge < -0.3 is 20.3 Å². The second kappa shape index (κ2) is 6.21. The molecule has 2 rings (SSSR count). The lowest BCUT2D eigenvalue weighted by Crippen LogP contribution is -2.40. The number of carboxylic acid groups (broad SMARTS) is 1. The van der Waals surface area contributed by atoms with E-state index < -0.39 is 5.97 Å². The Balaban J connectivity index is 1.61. The Morgan fingerprint density at radius 2 is 2.21 bits per heavy atom. The molecule has 0 unspecified atom stereocenters. The molecule has 1 saturated carbocycles. The molecule has 0 spiro atoms. The van der Waals surface area contributed by atoms with E-state index >= 15 is 0 Å². The van der Waals surface area contributed by atoms with Crippen molar-refractivity contribution in [3.63, 3.8) is 0 Å². The molecule has 0 aromatic carbocycles. The molecule has 2 amide bonds. The van der Waals surface area contributed by atoms with E-state index in [2.05, 4.69) is 15.6 Å². The first-order valence-corrected chi connectivity index (χ1v) is 6.42. The summed E-state index contributed by atoms with van der Waals surface area (Å²) in [5, 5.41) is 14.3. The summed E-state index contributed by atoms with van der Waals surface area (Å²) in [5.41, 5.74) is 0.00874. The fraction of sp³-hybridized carbons (Fsp3) is 0.583. The minimum absolute atomic E-state index is 0.00874. The highest BCUT2D eigenvalue weighted by Crippen LogP contribution is 2.24. The molecule has 1 aromatic heterocycles. The molecule has 3 N–H and O–H groups in total. The van der Waals surface area contributed by atoms with Gasteiger partial charge in [0.1, 0.15) is 0 Å². The minimum atomic E-state index is -1.05. The van der Waals surface area contributed by atoms with Crippen LogP contribution in [0.2, 0.25) is 0 Å². The minimum Gasteiger partial charge on any atom is -0.476 e. The number of nitrogens with one attached hydrogen (secondary N) is 2. The van der Waals surface area contributed by atoms with Gasteiger partial charge in [0.25, 0.3) is 0 Å². The van der Waals surface area contributed by atoms with E-state index in [4.69, 9.17) is 5.11 Å². The van der Waals surface area contributed by atoms with E-state index in [-0.39, 0.29) is 11.7 Å². The maximum atomic E-state index is 11.4. The molecule has 0 saturated heterocycles. The number of urea groups is 1. The van der Waals surface area contributed by atoms with E-state index in [1.165, 1.54) is 31.8 Å².